The van der Waals surface area contributed by atoms with E-state index in [1.807, 2.05) is 6.07 Å². The first-order valence-corrected chi connectivity index (χ1v) is 3.99. The Kier molecular flexibility index (Phi) is 1.58. The first kappa shape index (κ1) is 7.62. The molecule has 0 aliphatic rings. The quantitative estimate of drug-likeness (QED) is 0.645. The average Bonchev–Trinajstić information content (AvgIpc) is 2.48. The molecule has 0 bridgehead atoms. The van der Waals surface area contributed by atoms with Crippen molar-refractivity contribution in [2.45, 2.75) is 6.92 Å². The van der Waals surface area contributed by atoms with Gasteiger partial charge in [0.2, 0.25) is 0 Å². The molecule has 0 aliphatic heterocycles. The molecule has 1 aromatic carbocycles. The summed E-state index contributed by atoms with van der Waals surface area (Å²) in [6, 6.07) is 3.64. The van der Waals surface area contributed by atoms with E-state index in [-0.39, 0.29) is 10.8 Å². The van der Waals surface area contributed by atoms with E-state index in [4.69, 9.17) is 11.6 Å². The molecule has 0 saturated carbocycles. The highest BCUT2D eigenvalue weighted by atomic mass is 35.5. The molecule has 0 atom stereocenters. The second-order valence-corrected chi connectivity index (χ2v) is 3.14. The summed E-state index contributed by atoms with van der Waals surface area (Å²) >= 11 is 5.77. The number of H-pyrrole nitrogens is 1. The summed E-state index contributed by atoms with van der Waals surface area (Å²) in [5.74, 6) is -0.341. The summed E-state index contributed by atoms with van der Waals surface area (Å²) in [6.07, 6.45) is 1.75. The Labute approximate surface area is 74.2 Å². The summed E-state index contributed by atoms with van der Waals surface area (Å²) in [4.78, 5) is 2.88. The van der Waals surface area contributed by atoms with Crippen LogP contribution in [-0.4, -0.2) is 4.98 Å². The van der Waals surface area contributed by atoms with Crippen molar-refractivity contribution in [3.05, 3.63) is 34.7 Å². The number of nitrogens with one attached hydrogen (secondary N) is 1. The van der Waals surface area contributed by atoms with Gasteiger partial charge in [0.1, 0.15) is 10.8 Å². The van der Waals surface area contributed by atoms with Crippen molar-refractivity contribution in [3.63, 3.8) is 0 Å². The summed E-state index contributed by atoms with van der Waals surface area (Å²) < 4.78 is 13.2. The van der Waals surface area contributed by atoms with Crippen LogP contribution in [0.15, 0.2) is 18.3 Å². The van der Waals surface area contributed by atoms with E-state index in [0.29, 0.717) is 11.1 Å². The number of aromatic nitrogens is 1. The van der Waals surface area contributed by atoms with Crippen molar-refractivity contribution in [1.29, 1.82) is 0 Å². The van der Waals surface area contributed by atoms with Gasteiger partial charge in [0.05, 0.1) is 5.52 Å². The standard InChI is InChI=1S/C9H7ClFN/c1-5-4-6-2-3-12-9(6)7(10)8(5)11/h2-4,12H,1H3. The number of hydrogen-bond acceptors (Lipinski definition) is 0. The Balaban J connectivity index is 2.94. The highest BCUT2D eigenvalue weighted by molar-refractivity contribution is 6.35. The van der Waals surface area contributed by atoms with Crippen LogP contribution in [0.25, 0.3) is 10.9 Å². The van der Waals surface area contributed by atoms with Gasteiger partial charge in [-0.2, -0.15) is 0 Å². The molecule has 2 aromatic rings. The monoisotopic (exact) mass is 183 g/mol. The molecule has 12 heavy (non-hydrogen) atoms. The van der Waals surface area contributed by atoms with Crippen LogP contribution in [0.2, 0.25) is 5.02 Å². The van der Waals surface area contributed by atoms with Crippen LogP contribution in [0.1, 0.15) is 5.56 Å². The molecule has 62 valence electrons. The van der Waals surface area contributed by atoms with Crippen LogP contribution in [0.3, 0.4) is 0 Å². The van der Waals surface area contributed by atoms with E-state index in [9.17, 15) is 4.39 Å². The van der Waals surface area contributed by atoms with E-state index in [2.05, 4.69) is 4.98 Å². The Morgan fingerprint density at radius 1 is 1.50 bits per heavy atom. The van der Waals surface area contributed by atoms with Crippen molar-refractivity contribution >= 4 is 22.5 Å². The first-order valence-electron chi connectivity index (χ1n) is 3.62. The van der Waals surface area contributed by atoms with Gasteiger partial charge in [0.25, 0.3) is 0 Å². The van der Waals surface area contributed by atoms with Crippen LogP contribution in [-0.2, 0) is 0 Å². The lowest BCUT2D eigenvalue weighted by Gasteiger charge is -1.99. The fraction of sp³-hybridized carbons (Fsp3) is 0.111. The molecule has 0 aliphatic carbocycles. The number of hydrogen-bond donors (Lipinski definition) is 1. The topological polar surface area (TPSA) is 15.8 Å². The van der Waals surface area contributed by atoms with Crippen molar-refractivity contribution in [1.82, 2.24) is 4.98 Å². The molecule has 1 heterocycles. The molecule has 0 amide bonds. The molecule has 0 fully saturated rings. The normalized spacial score (nSPS) is 10.9. The highest BCUT2D eigenvalue weighted by Crippen LogP contribution is 2.27. The van der Waals surface area contributed by atoms with Crippen LogP contribution < -0.4 is 0 Å². The fourth-order valence-electron chi connectivity index (χ4n) is 1.27. The first-order chi connectivity index (χ1) is 5.70. The summed E-state index contributed by atoms with van der Waals surface area (Å²) in [6.45, 7) is 1.70. The molecule has 0 spiro atoms. The van der Waals surface area contributed by atoms with Gasteiger partial charge in [-0.1, -0.05) is 11.6 Å². The zero-order valence-corrected chi connectivity index (χ0v) is 7.24. The van der Waals surface area contributed by atoms with Gasteiger partial charge in [0, 0.05) is 11.6 Å². The van der Waals surface area contributed by atoms with Crippen LogP contribution >= 0.6 is 11.6 Å². The van der Waals surface area contributed by atoms with Gasteiger partial charge >= 0.3 is 0 Å². The molecule has 3 heteroatoms. The van der Waals surface area contributed by atoms with E-state index in [1.54, 1.807) is 19.2 Å². The number of aryl methyl sites for hydroxylation is 1. The lowest BCUT2D eigenvalue weighted by molar-refractivity contribution is 0.621. The van der Waals surface area contributed by atoms with Gasteiger partial charge < -0.3 is 4.98 Å². The minimum absolute atomic E-state index is 0.176. The Bertz CT molecular complexity index is 433. The smallest absolute Gasteiger partial charge is 0.146 e. The van der Waals surface area contributed by atoms with Crippen LogP contribution in [0.5, 0.6) is 0 Å². The molecule has 1 nitrogen and oxygen atoms in total. The number of aromatic amines is 1. The molecule has 0 saturated heterocycles. The van der Waals surface area contributed by atoms with Gasteiger partial charge in [-0.3, -0.25) is 0 Å². The van der Waals surface area contributed by atoms with E-state index < -0.39 is 0 Å². The second kappa shape index (κ2) is 2.49. The summed E-state index contributed by atoms with van der Waals surface area (Å²) in [7, 11) is 0. The number of benzene rings is 1. The number of halogens is 2. The van der Waals surface area contributed by atoms with Crippen molar-refractivity contribution in [2.24, 2.45) is 0 Å². The molecule has 1 N–H and O–H groups in total. The highest BCUT2D eigenvalue weighted by Gasteiger charge is 2.08. The van der Waals surface area contributed by atoms with E-state index >= 15 is 0 Å². The zero-order chi connectivity index (χ0) is 8.72. The lowest BCUT2D eigenvalue weighted by Crippen LogP contribution is -1.84. The van der Waals surface area contributed by atoms with Gasteiger partial charge in [-0.05, 0) is 24.6 Å². The SMILES string of the molecule is Cc1cc2cc[nH]c2c(Cl)c1F. The Morgan fingerprint density at radius 3 is 3.00 bits per heavy atom. The van der Waals surface area contributed by atoms with Gasteiger partial charge in [0.15, 0.2) is 0 Å². The molecule has 1 aromatic heterocycles. The molecular formula is C9H7ClFN. The van der Waals surface area contributed by atoms with E-state index in [0.717, 1.165) is 5.39 Å². The fourth-order valence-corrected chi connectivity index (χ4v) is 1.58. The number of rotatable bonds is 0. The van der Waals surface area contributed by atoms with Gasteiger partial charge in [-0.25, -0.2) is 4.39 Å². The van der Waals surface area contributed by atoms with Crippen molar-refractivity contribution in [3.8, 4) is 0 Å². The second-order valence-electron chi connectivity index (χ2n) is 2.76. The third kappa shape index (κ3) is 0.916. The van der Waals surface area contributed by atoms with Crippen molar-refractivity contribution < 1.29 is 4.39 Å². The van der Waals surface area contributed by atoms with Crippen LogP contribution in [0, 0.1) is 12.7 Å². The lowest BCUT2D eigenvalue weighted by atomic mass is 10.2. The summed E-state index contributed by atoms with van der Waals surface area (Å²) in [5, 5.41) is 1.12. The van der Waals surface area contributed by atoms with Crippen molar-refractivity contribution in [2.75, 3.05) is 0 Å². The molecular weight excluding hydrogens is 177 g/mol. The van der Waals surface area contributed by atoms with Crippen LogP contribution in [0.4, 0.5) is 4.39 Å². The maximum absolute atomic E-state index is 13.2. The number of fused-ring (bicyclic) bond motifs is 1. The van der Waals surface area contributed by atoms with Gasteiger partial charge in [-0.15, -0.1) is 0 Å². The minimum Gasteiger partial charge on any atom is -0.360 e. The zero-order valence-electron chi connectivity index (χ0n) is 6.49. The third-order valence-corrected chi connectivity index (χ3v) is 2.26. The minimum atomic E-state index is -0.341. The maximum atomic E-state index is 13.2. The predicted molar refractivity (Wildman–Crippen MR) is 48.0 cm³/mol. The average molecular weight is 184 g/mol. The largest absolute Gasteiger partial charge is 0.360 e. The summed E-state index contributed by atoms with van der Waals surface area (Å²) in [5.41, 5.74) is 1.24. The predicted octanol–water partition coefficient (Wildman–Crippen LogP) is 3.27. The molecule has 2 rings (SSSR count). The third-order valence-electron chi connectivity index (χ3n) is 1.91. The maximum Gasteiger partial charge on any atom is 0.146 e. The molecule has 0 unspecified atom stereocenters. The Morgan fingerprint density at radius 2 is 2.25 bits per heavy atom. The molecule has 0 radical (unpaired) electrons. The van der Waals surface area contributed by atoms with E-state index in [1.165, 1.54) is 0 Å². The Hall–Kier alpha value is -1.02.